The number of anilines is 1. The van der Waals surface area contributed by atoms with Gasteiger partial charge in [0.15, 0.2) is 0 Å². The molecule has 0 spiro atoms. The van der Waals surface area contributed by atoms with Crippen LogP contribution in [-0.2, 0) is 14.8 Å². The van der Waals surface area contributed by atoms with E-state index >= 15 is 0 Å². The number of sulfonamides is 1. The van der Waals surface area contributed by atoms with Crippen molar-refractivity contribution in [2.45, 2.75) is 56.1 Å². The monoisotopic (exact) mass is 460 g/mol. The normalized spacial score (nSPS) is 14.9. The Balaban J connectivity index is 1.69. The van der Waals surface area contributed by atoms with E-state index < -0.39 is 10.0 Å². The number of rotatable bonds is 9. The van der Waals surface area contributed by atoms with Gasteiger partial charge in [-0.25, -0.2) is 8.42 Å². The second kappa shape index (κ2) is 11.0. The number of aryl methyl sites for hydroxylation is 2. The smallest absolute Gasteiger partial charge is 0.264 e. The Morgan fingerprint density at radius 1 is 1.03 bits per heavy atom. The topological polar surface area (TPSA) is 66.5 Å². The molecule has 1 aliphatic rings. The lowest BCUT2D eigenvalue weighted by molar-refractivity contribution is -0.119. The third-order valence-corrected chi connectivity index (χ3v) is 8.90. The van der Waals surface area contributed by atoms with E-state index in [9.17, 15) is 13.2 Å². The zero-order valence-corrected chi connectivity index (χ0v) is 20.0. The van der Waals surface area contributed by atoms with Crippen LogP contribution in [-0.4, -0.2) is 38.4 Å². The van der Waals surface area contributed by atoms with E-state index in [1.54, 1.807) is 36.4 Å². The van der Waals surface area contributed by atoms with E-state index in [1.807, 2.05) is 37.7 Å². The summed E-state index contributed by atoms with van der Waals surface area (Å²) in [6, 6.07) is 13.7. The maximum atomic E-state index is 13.3. The van der Waals surface area contributed by atoms with E-state index in [1.165, 1.54) is 36.4 Å². The van der Waals surface area contributed by atoms with Crippen LogP contribution in [0.2, 0.25) is 0 Å². The van der Waals surface area contributed by atoms with Gasteiger partial charge in [-0.05, 0) is 62.1 Å². The van der Waals surface area contributed by atoms with Gasteiger partial charge in [0.1, 0.15) is 6.54 Å². The van der Waals surface area contributed by atoms with Gasteiger partial charge < -0.3 is 5.32 Å². The standard InChI is InChI=1S/C24H32N2O3S2/c1-19-13-14-21(17-20(19)2)26(31(28,29)23-11-7-4-8-12-23)18-24(27)25-15-16-30-22-9-5-3-6-10-22/h4,7-8,11-14,17,22H,3,5-6,9-10,15-16,18H2,1-2H3,(H,25,27). The number of hydrogen-bond donors (Lipinski definition) is 1. The molecule has 5 nitrogen and oxygen atoms in total. The zero-order valence-electron chi connectivity index (χ0n) is 18.3. The third kappa shape index (κ3) is 6.50. The minimum atomic E-state index is -3.86. The molecule has 1 aliphatic carbocycles. The fourth-order valence-electron chi connectivity index (χ4n) is 3.75. The van der Waals surface area contributed by atoms with Gasteiger partial charge in [-0.2, -0.15) is 11.8 Å². The third-order valence-electron chi connectivity index (χ3n) is 5.73. The van der Waals surface area contributed by atoms with Crippen molar-refractivity contribution in [3.63, 3.8) is 0 Å². The number of benzene rings is 2. The second-order valence-corrected chi connectivity index (χ2v) is 11.3. The van der Waals surface area contributed by atoms with Crippen LogP contribution in [0.1, 0.15) is 43.2 Å². The number of amides is 1. The summed E-state index contributed by atoms with van der Waals surface area (Å²) in [5.41, 5.74) is 2.55. The number of thioether (sulfide) groups is 1. The van der Waals surface area contributed by atoms with Crippen molar-refractivity contribution in [2.24, 2.45) is 0 Å². The van der Waals surface area contributed by atoms with Crippen molar-refractivity contribution in [1.29, 1.82) is 0 Å². The van der Waals surface area contributed by atoms with Gasteiger partial charge >= 0.3 is 0 Å². The van der Waals surface area contributed by atoms with E-state index in [-0.39, 0.29) is 17.3 Å². The lowest BCUT2D eigenvalue weighted by Crippen LogP contribution is -2.41. The van der Waals surface area contributed by atoms with Crippen LogP contribution < -0.4 is 9.62 Å². The molecule has 3 rings (SSSR count). The molecule has 0 unspecified atom stereocenters. The minimum Gasteiger partial charge on any atom is -0.354 e. The van der Waals surface area contributed by atoms with E-state index in [4.69, 9.17) is 0 Å². The van der Waals surface area contributed by atoms with E-state index in [0.29, 0.717) is 17.5 Å². The first-order chi connectivity index (χ1) is 14.9. The van der Waals surface area contributed by atoms with Gasteiger partial charge in [-0.3, -0.25) is 9.10 Å². The van der Waals surface area contributed by atoms with Crippen molar-refractivity contribution >= 4 is 33.4 Å². The highest BCUT2D eigenvalue weighted by Gasteiger charge is 2.27. The Hall–Kier alpha value is -1.99. The number of nitrogens with zero attached hydrogens (tertiary/aromatic N) is 1. The Kier molecular flexibility index (Phi) is 8.43. The highest BCUT2D eigenvalue weighted by atomic mass is 32.2. The summed E-state index contributed by atoms with van der Waals surface area (Å²) in [5, 5.41) is 3.60. The zero-order chi connectivity index (χ0) is 22.3. The number of nitrogens with one attached hydrogen (secondary N) is 1. The summed E-state index contributed by atoms with van der Waals surface area (Å²) in [4.78, 5) is 12.9. The maximum Gasteiger partial charge on any atom is 0.264 e. The van der Waals surface area contributed by atoms with Crippen LogP contribution >= 0.6 is 11.8 Å². The SMILES string of the molecule is Cc1ccc(N(CC(=O)NCCSC2CCCCC2)S(=O)(=O)c2ccccc2)cc1C. The molecule has 1 fully saturated rings. The summed E-state index contributed by atoms with van der Waals surface area (Å²) < 4.78 is 27.9. The molecule has 1 N–H and O–H groups in total. The molecule has 0 aliphatic heterocycles. The summed E-state index contributed by atoms with van der Waals surface area (Å²) >= 11 is 1.91. The molecule has 7 heteroatoms. The highest BCUT2D eigenvalue weighted by molar-refractivity contribution is 7.99. The minimum absolute atomic E-state index is 0.175. The summed E-state index contributed by atoms with van der Waals surface area (Å²) in [7, 11) is -3.86. The molecule has 0 aromatic heterocycles. The predicted octanol–water partition coefficient (Wildman–Crippen LogP) is 4.68. The Morgan fingerprint density at radius 2 is 1.74 bits per heavy atom. The van der Waals surface area contributed by atoms with Crippen molar-refractivity contribution in [2.75, 3.05) is 23.1 Å². The van der Waals surface area contributed by atoms with Crippen LogP contribution in [0, 0.1) is 13.8 Å². The molecule has 0 saturated heterocycles. The number of hydrogen-bond acceptors (Lipinski definition) is 4. The Bertz CT molecular complexity index is 972. The molecule has 0 radical (unpaired) electrons. The molecule has 1 saturated carbocycles. The molecule has 168 valence electrons. The quantitative estimate of drug-likeness (QED) is 0.552. The van der Waals surface area contributed by atoms with Gasteiger partial charge in [-0.15, -0.1) is 0 Å². The van der Waals surface area contributed by atoms with Crippen LogP contribution in [0.5, 0.6) is 0 Å². The number of carbonyl (C=O) groups is 1. The molecular weight excluding hydrogens is 428 g/mol. The van der Waals surface area contributed by atoms with Crippen molar-refractivity contribution < 1.29 is 13.2 Å². The first-order valence-corrected chi connectivity index (χ1v) is 13.4. The predicted molar refractivity (Wildman–Crippen MR) is 129 cm³/mol. The summed E-state index contributed by atoms with van der Waals surface area (Å²) in [6.45, 7) is 4.22. The van der Waals surface area contributed by atoms with Gasteiger partial charge in [-0.1, -0.05) is 43.5 Å². The average Bonchev–Trinajstić information content (AvgIpc) is 2.78. The van der Waals surface area contributed by atoms with E-state index in [0.717, 1.165) is 16.9 Å². The van der Waals surface area contributed by atoms with Crippen molar-refractivity contribution in [1.82, 2.24) is 5.32 Å². The molecular formula is C24H32N2O3S2. The first-order valence-electron chi connectivity index (χ1n) is 10.9. The molecule has 1 amide bonds. The maximum absolute atomic E-state index is 13.3. The summed E-state index contributed by atoms with van der Waals surface area (Å²) in [5.74, 6) is 0.563. The first kappa shape index (κ1) is 23.7. The Labute approximate surface area is 190 Å². The fourth-order valence-corrected chi connectivity index (χ4v) is 6.40. The molecule has 0 atom stereocenters. The van der Waals surface area contributed by atoms with Crippen molar-refractivity contribution in [3.8, 4) is 0 Å². The lowest BCUT2D eigenvalue weighted by Gasteiger charge is -2.25. The van der Waals surface area contributed by atoms with Gasteiger partial charge in [0.05, 0.1) is 10.6 Å². The molecule has 2 aromatic carbocycles. The highest BCUT2D eigenvalue weighted by Crippen LogP contribution is 2.28. The van der Waals surface area contributed by atoms with E-state index in [2.05, 4.69) is 5.32 Å². The second-order valence-electron chi connectivity index (χ2n) is 8.07. The summed E-state index contributed by atoms with van der Waals surface area (Å²) in [6.07, 6.45) is 6.44. The number of carbonyl (C=O) groups excluding carboxylic acids is 1. The lowest BCUT2D eigenvalue weighted by atomic mass is 10.0. The molecule has 31 heavy (non-hydrogen) atoms. The van der Waals surface area contributed by atoms with Crippen LogP contribution in [0.15, 0.2) is 53.4 Å². The molecule has 0 heterocycles. The van der Waals surface area contributed by atoms with Gasteiger partial charge in [0, 0.05) is 17.5 Å². The average molecular weight is 461 g/mol. The molecule has 2 aromatic rings. The molecule has 0 bridgehead atoms. The Morgan fingerprint density at radius 3 is 2.42 bits per heavy atom. The van der Waals surface area contributed by atoms with Crippen LogP contribution in [0.3, 0.4) is 0 Å². The van der Waals surface area contributed by atoms with Crippen LogP contribution in [0.25, 0.3) is 0 Å². The van der Waals surface area contributed by atoms with Crippen LogP contribution in [0.4, 0.5) is 5.69 Å². The fraction of sp³-hybridized carbons (Fsp3) is 0.458. The largest absolute Gasteiger partial charge is 0.354 e. The van der Waals surface area contributed by atoms with Gasteiger partial charge in [0.25, 0.3) is 10.0 Å². The van der Waals surface area contributed by atoms with Crippen molar-refractivity contribution in [3.05, 3.63) is 59.7 Å². The van der Waals surface area contributed by atoms with Gasteiger partial charge in [0.2, 0.25) is 5.91 Å².